The van der Waals surface area contributed by atoms with Crippen molar-refractivity contribution >= 4 is 88.2 Å². The van der Waals surface area contributed by atoms with Crippen molar-refractivity contribution in [3.63, 3.8) is 0 Å². The summed E-state index contributed by atoms with van der Waals surface area (Å²) < 4.78 is 41.4. The van der Waals surface area contributed by atoms with Crippen molar-refractivity contribution in [1.82, 2.24) is 55.6 Å². The van der Waals surface area contributed by atoms with Crippen LogP contribution >= 0.6 is 23.2 Å². The number of nitrogens with one attached hydrogen (secondary N) is 4. The van der Waals surface area contributed by atoms with Crippen LogP contribution in [-0.2, 0) is 71.8 Å². The molecule has 1 saturated carbocycles. The van der Waals surface area contributed by atoms with E-state index < -0.39 is 160 Å². The Bertz CT molecular complexity index is 3090. The first-order valence-electron chi connectivity index (χ1n) is 32.3. The number of halogens is 5. The number of amides is 11. The number of aryl methyl sites for hydroxylation is 1. The molecular formula is C66H94Cl2F3N11O11. The number of benzene rings is 2. The van der Waals surface area contributed by atoms with Crippen LogP contribution in [0.15, 0.2) is 42.5 Å². The van der Waals surface area contributed by atoms with E-state index in [1.165, 1.54) is 77.6 Å². The fourth-order valence-corrected chi connectivity index (χ4v) is 13.4. The third kappa shape index (κ3) is 18.1. The van der Waals surface area contributed by atoms with Gasteiger partial charge in [0.15, 0.2) is 0 Å². The monoisotopic (exact) mass is 1340 g/mol. The molecule has 10 atom stereocenters. The highest BCUT2D eigenvalue weighted by molar-refractivity contribution is 6.31. The maximum absolute atomic E-state index is 15.0. The molecule has 4 aliphatic rings. The molecule has 514 valence electrons. The van der Waals surface area contributed by atoms with Gasteiger partial charge in [-0.1, -0.05) is 102 Å². The van der Waals surface area contributed by atoms with Crippen molar-refractivity contribution in [3.8, 4) is 0 Å². The van der Waals surface area contributed by atoms with Crippen molar-refractivity contribution in [2.24, 2.45) is 17.8 Å². The van der Waals surface area contributed by atoms with Crippen LogP contribution in [0.4, 0.5) is 13.2 Å². The molecule has 27 heteroatoms. The number of fused-ring (bicyclic) bond motifs is 2. The predicted molar refractivity (Wildman–Crippen MR) is 343 cm³/mol. The zero-order valence-electron chi connectivity index (χ0n) is 55.8. The van der Waals surface area contributed by atoms with Crippen LogP contribution in [0, 0.1) is 17.8 Å². The Labute approximate surface area is 554 Å². The highest BCUT2D eigenvalue weighted by Crippen LogP contribution is 2.37. The van der Waals surface area contributed by atoms with E-state index in [0.717, 1.165) is 17.0 Å². The number of hydrogen-bond donors (Lipinski definition) is 4. The lowest BCUT2D eigenvalue weighted by Gasteiger charge is -2.45. The molecule has 2 aromatic carbocycles. The fraction of sp³-hybridized carbons (Fsp3) is 0.652. The lowest BCUT2D eigenvalue weighted by Crippen LogP contribution is -2.65. The van der Waals surface area contributed by atoms with Crippen molar-refractivity contribution in [2.45, 2.75) is 205 Å². The summed E-state index contributed by atoms with van der Waals surface area (Å²) in [4.78, 5) is 170. The third-order valence-corrected chi connectivity index (χ3v) is 19.5. The smallest absolute Gasteiger partial charge is 0.351 e. The van der Waals surface area contributed by atoms with Crippen LogP contribution in [0.25, 0.3) is 0 Å². The first kappa shape index (κ1) is 75.0. The molecule has 1 spiro atoms. The van der Waals surface area contributed by atoms with Crippen molar-refractivity contribution in [1.29, 1.82) is 0 Å². The maximum Gasteiger partial charge on any atom is 0.417 e. The van der Waals surface area contributed by atoms with Crippen LogP contribution in [0.5, 0.6) is 0 Å². The summed E-state index contributed by atoms with van der Waals surface area (Å²) in [6.45, 7) is 13.5. The zero-order valence-corrected chi connectivity index (χ0v) is 57.3. The van der Waals surface area contributed by atoms with Gasteiger partial charge in [0.1, 0.15) is 53.9 Å². The highest BCUT2D eigenvalue weighted by Gasteiger charge is 2.50. The zero-order chi connectivity index (χ0) is 69.3. The van der Waals surface area contributed by atoms with Crippen LogP contribution in [0.1, 0.15) is 143 Å². The number of hydrogen-bond acceptors (Lipinski definition) is 11. The summed E-state index contributed by atoms with van der Waals surface area (Å²) in [6, 6.07) is -0.669. The summed E-state index contributed by atoms with van der Waals surface area (Å²) >= 11 is 12.4. The predicted octanol–water partition coefficient (Wildman–Crippen LogP) is 5.62. The summed E-state index contributed by atoms with van der Waals surface area (Å²) in [6.07, 6.45) is -2.66. The molecule has 93 heavy (non-hydrogen) atoms. The summed E-state index contributed by atoms with van der Waals surface area (Å²) in [5.74, 6) is -8.10. The molecule has 4 fully saturated rings. The second kappa shape index (κ2) is 31.9. The van der Waals surface area contributed by atoms with E-state index in [9.17, 15) is 56.3 Å². The van der Waals surface area contributed by atoms with Gasteiger partial charge in [0, 0.05) is 72.2 Å². The SMILES string of the molecule is CC[C@H](C)[C@@H]1NC(=O)[C@H](CC(C)C)N(C)C(=O)C[C@@H](C)NC(=O)[C@H](C(C)C)N(C)C(=O)C2(CCCC2)NC(=O)[C@@H]2CCCN2C(=O)[C@H](CCc2ccc(C(F)(F)F)c(Cl)c2)NC(=O)CN(C)C(=O)[C@H](Cc2ccc(Cl)cc2)N(C)C(=O)[C@@H]2CCN2C(=O)[C@H](C)N(C)C1=O. The van der Waals surface area contributed by atoms with Gasteiger partial charge in [0.2, 0.25) is 65.0 Å². The van der Waals surface area contributed by atoms with Gasteiger partial charge >= 0.3 is 6.18 Å². The molecule has 3 heterocycles. The molecular weight excluding hydrogens is 1250 g/mol. The first-order valence-corrected chi connectivity index (χ1v) is 33.0. The molecule has 2 aromatic rings. The Morgan fingerprint density at radius 2 is 1.27 bits per heavy atom. The molecule has 3 aliphatic heterocycles. The number of rotatable bonds is 10. The second-order valence-corrected chi connectivity index (χ2v) is 27.5. The summed E-state index contributed by atoms with van der Waals surface area (Å²) in [5, 5.41) is 11.3. The van der Waals surface area contributed by atoms with E-state index in [-0.39, 0.29) is 82.4 Å². The van der Waals surface area contributed by atoms with Crippen molar-refractivity contribution in [2.75, 3.05) is 54.9 Å². The number of likely N-dealkylation sites (N-methyl/N-ethyl adjacent to an activating group) is 5. The van der Waals surface area contributed by atoms with Gasteiger partial charge in [0.25, 0.3) is 0 Å². The van der Waals surface area contributed by atoms with E-state index in [0.29, 0.717) is 36.3 Å². The standard InChI is InChI=1S/C66H94Cl2F3N11O11/c1-14-39(6)54-63(92)77(10)41(8)59(88)82-31-27-49(82)62(91)79(12)51(35-43-19-23-44(67)24-20-43)61(90)76(9)36-52(83)73-47(26-22-42-21-25-45(46(68)34-42)66(69,70)71)60(89)81-30-17-18-48(81)57(86)75-65(28-15-16-29-65)64(93)80(13)55(38(4)5)58(87)72-40(7)33-53(84)78(11)50(32-37(2)3)56(85)74-54/h19-21,23-25,34,37-41,47-51,54-55H,14-18,22,26-33,35-36H2,1-13H3,(H,72,87)(H,73,83)(H,74,85)(H,75,86)/t39-,40+,41-,47-,48-,49-,50-,51-,54-,55-/m0/s1. The van der Waals surface area contributed by atoms with Gasteiger partial charge in [0.05, 0.1) is 17.1 Å². The quantitative estimate of drug-likeness (QED) is 0.227. The van der Waals surface area contributed by atoms with Crippen LogP contribution in [0.2, 0.25) is 10.0 Å². The lowest BCUT2D eigenvalue weighted by molar-refractivity contribution is -0.160. The van der Waals surface area contributed by atoms with Crippen molar-refractivity contribution in [3.05, 3.63) is 69.2 Å². The molecule has 22 nitrogen and oxygen atoms in total. The molecule has 0 radical (unpaired) electrons. The molecule has 4 N–H and O–H groups in total. The van der Waals surface area contributed by atoms with E-state index in [2.05, 4.69) is 21.3 Å². The largest absolute Gasteiger partial charge is 0.417 e. The average Bonchev–Trinajstić information content (AvgIpc) is 1.77. The normalized spacial score (nSPS) is 26.7. The van der Waals surface area contributed by atoms with E-state index >= 15 is 9.59 Å². The number of carbonyl (C=O) groups is 11. The van der Waals surface area contributed by atoms with E-state index in [4.69, 9.17) is 23.2 Å². The Morgan fingerprint density at radius 3 is 1.84 bits per heavy atom. The molecule has 1 aliphatic carbocycles. The third-order valence-electron chi connectivity index (χ3n) is 19.0. The maximum atomic E-state index is 15.0. The van der Waals surface area contributed by atoms with Crippen LogP contribution in [0.3, 0.4) is 0 Å². The van der Waals surface area contributed by atoms with Gasteiger partial charge in [-0.3, -0.25) is 52.7 Å². The molecule has 0 unspecified atom stereocenters. The minimum absolute atomic E-state index is 0.0372. The van der Waals surface area contributed by atoms with Gasteiger partial charge < -0.3 is 55.6 Å². The molecule has 0 bridgehead atoms. The van der Waals surface area contributed by atoms with Gasteiger partial charge in [-0.15, -0.1) is 0 Å². The van der Waals surface area contributed by atoms with Crippen LogP contribution in [-0.4, -0.2) is 214 Å². The average molecular weight is 1350 g/mol. The minimum atomic E-state index is -4.76. The summed E-state index contributed by atoms with van der Waals surface area (Å²) in [7, 11) is 7.08. The van der Waals surface area contributed by atoms with Gasteiger partial charge in [-0.25, -0.2) is 0 Å². The van der Waals surface area contributed by atoms with Gasteiger partial charge in [-0.2, -0.15) is 13.2 Å². The first-order chi connectivity index (χ1) is 43.5. The Hall–Kier alpha value is -7.02. The molecule has 6 rings (SSSR count). The van der Waals surface area contributed by atoms with Crippen LogP contribution < -0.4 is 21.3 Å². The molecule has 0 aromatic heterocycles. The Balaban J connectivity index is 1.39. The van der Waals surface area contributed by atoms with Crippen molar-refractivity contribution < 1.29 is 65.9 Å². The topological polar surface area (TPSA) is 259 Å². The fourth-order valence-electron chi connectivity index (χ4n) is 13.0. The van der Waals surface area contributed by atoms with E-state index in [1.54, 1.807) is 52.0 Å². The second-order valence-electron chi connectivity index (χ2n) is 26.6. The Morgan fingerprint density at radius 1 is 0.645 bits per heavy atom. The summed E-state index contributed by atoms with van der Waals surface area (Å²) in [5.41, 5.74) is -1.72. The number of alkyl halides is 3. The lowest BCUT2D eigenvalue weighted by atomic mass is 9.92. The number of nitrogens with zero attached hydrogens (tertiary/aromatic N) is 7. The molecule has 3 saturated heterocycles. The molecule has 11 amide bonds. The minimum Gasteiger partial charge on any atom is -0.351 e. The van der Waals surface area contributed by atoms with Gasteiger partial charge in [-0.05, 0) is 118 Å². The van der Waals surface area contributed by atoms with E-state index in [1.807, 2.05) is 20.8 Å². The number of carbonyl (C=O) groups excluding carboxylic acids is 11. The Kier molecular flexibility index (Phi) is 25.8. The highest BCUT2D eigenvalue weighted by atomic mass is 35.5.